The number of hydrogen-bond donors (Lipinski definition) is 1. The molecule has 29 heavy (non-hydrogen) atoms. The second-order valence-corrected chi connectivity index (χ2v) is 7.37. The fourth-order valence-corrected chi connectivity index (χ4v) is 4.13. The second kappa shape index (κ2) is 10.0. The Morgan fingerprint density at radius 3 is 3.03 bits per heavy atom. The highest BCUT2D eigenvalue weighted by Gasteiger charge is 2.27. The maximum atomic E-state index is 12.3. The molecule has 1 aliphatic rings. The molecule has 9 heteroatoms. The van der Waals surface area contributed by atoms with E-state index in [1.54, 1.807) is 30.2 Å². The standard InChI is InChI=1S/C20H21N3O5S/c1-26-9-10-27-13-19(25)23-7-6-15-16(11-21)20(29-17(15)12-23)22-18(24)5-4-14-3-2-8-28-14/h2-5,8H,6-7,9-10,12-13H2,1H3,(H,22,24)/b5-4+. The lowest BCUT2D eigenvalue weighted by Gasteiger charge is -2.26. The fourth-order valence-electron chi connectivity index (χ4n) is 2.91. The number of thiophene rings is 1. The Labute approximate surface area is 172 Å². The van der Waals surface area contributed by atoms with Gasteiger partial charge in [-0.2, -0.15) is 5.26 Å². The molecule has 0 bridgehead atoms. The fraction of sp³-hybridized carbons (Fsp3) is 0.350. The van der Waals surface area contributed by atoms with Gasteiger partial charge in [0.25, 0.3) is 0 Å². The minimum atomic E-state index is -0.351. The average Bonchev–Trinajstić information content (AvgIpc) is 3.36. The number of amides is 2. The number of nitrogens with zero attached hydrogens (tertiary/aromatic N) is 2. The molecule has 8 nitrogen and oxygen atoms in total. The molecule has 0 fully saturated rings. The normalized spacial score (nSPS) is 13.3. The van der Waals surface area contributed by atoms with Gasteiger partial charge in [-0.05, 0) is 30.2 Å². The topological polar surface area (TPSA) is 105 Å². The van der Waals surface area contributed by atoms with Gasteiger partial charge in [-0.1, -0.05) is 0 Å². The molecule has 0 aromatic carbocycles. The summed E-state index contributed by atoms with van der Waals surface area (Å²) in [6, 6.07) is 5.65. The van der Waals surface area contributed by atoms with E-state index >= 15 is 0 Å². The van der Waals surface area contributed by atoms with E-state index in [0.29, 0.717) is 49.0 Å². The number of nitriles is 1. The molecule has 0 saturated carbocycles. The van der Waals surface area contributed by atoms with Gasteiger partial charge in [0.05, 0.1) is 31.6 Å². The van der Waals surface area contributed by atoms with Crippen LogP contribution in [0.1, 0.15) is 21.8 Å². The predicted octanol–water partition coefficient (Wildman–Crippen LogP) is 2.41. The van der Waals surface area contributed by atoms with Gasteiger partial charge in [-0.15, -0.1) is 11.3 Å². The first-order valence-electron chi connectivity index (χ1n) is 9.04. The molecular weight excluding hydrogens is 394 g/mol. The first-order valence-corrected chi connectivity index (χ1v) is 9.85. The lowest BCUT2D eigenvalue weighted by atomic mass is 10.0. The summed E-state index contributed by atoms with van der Waals surface area (Å²) in [5.41, 5.74) is 1.36. The monoisotopic (exact) mass is 415 g/mol. The number of carbonyl (C=O) groups excluding carboxylic acids is 2. The first-order chi connectivity index (χ1) is 14.1. The molecule has 0 atom stereocenters. The van der Waals surface area contributed by atoms with Gasteiger partial charge >= 0.3 is 0 Å². The van der Waals surface area contributed by atoms with Gasteiger partial charge in [0, 0.05) is 24.6 Å². The van der Waals surface area contributed by atoms with Crippen molar-refractivity contribution in [3.63, 3.8) is 0 Å². The SMILES string of the molecule is COCCOCC(=O)N1CCc2c(sc(NC(=O)/C=C/c3ccco3)c2C#N)C1. The van der Waals surface area contributed by atoms with Crippen LogP contribution in [-0.2, 0) is 32.0 Å². The largest absolute Gasteiger partial charge is 0.465 e. The van der Waals surface area contributed by atoms with Crippen molar-refractivity contribution in [2.45, 2.75) is 13.0 Å². The molecule has 0 radical (unpaired) electrons. The molecular formula is C20H21N3O5S. The second-order valence-electron chi connectivity index (χ2n) is 6.27. The van der Waals surface area contributed by atoms with E-state index < -0.39 is 0 Å². The lowest BCUT2D eigenvalue weighted by Crippen LogP contribution is -2.38. The summed E-state index contributed by atoms with van der Waals surface area (Å²) >= 11 is 1.32. The third-order valence-electron chi connectivity index (χ3n) is 4.36. The minimum absolute atomic E-state index is 0.00363. The molecule has 1 aliphatic heterocycles. The van der Waals surface area contributed by atoms with Crippen LogP contribution in [0.5, 0.6) is 0 Å². The Balaban J connectivity index is 1.64. The number of anilines is 1. The number of carbonyl (C=O) groups is 2. The van der Waals surface area contributed by atoms with E-state index in [-0.39, 0.29) is 18.4 Å². The Bertz CT molecular complexity index is 927. The van der Waals surface area contributed by atoms with Crippen LogP contribution in [-0.4, -0.2) is 50.2 Å². The van der Waals surface area contributed by atoms with Gasteiger partial charge in [0.2, 0.25) is 11.8 Å². The number of fused-ring (bicyclic) bond motifs is 1. The number of rotatable bonds is 8. The Morgan fingerprint density at radius 1 is 1.45 bits per heavy atom. The van der Waals surface area contributed by atoms with E-state index in [4.69, 9.17) is 13.9 Å². The van der Waals surface area contributed by atoms with E-state index in [1.807, 2.05) is 0 Å². The average molecular weight is 415 g/mol. The molecule has 1 N–H and O–H groups in total. The Kier molecular flexibility index (Phi) is 7.19. The molecule has 0 aliphatic carbocycles. The van der Waals surface area contributed by atoms with Gasteiger partial charge < -0.3 is 24.1 Å². The maximum Gasteiger partial charge on any atom is 0.249 e. The minimum Gasteiger partial charge on any atom is -0.465 e. The lowest BCUT2D eigenvalue weighted by molar-refractivity contribution is -0.137. The molecule has 3 rings (SSSR count). The van der Waals surface area contributed by atoms with E-state index in [0.717, 1.165) is 10.4 Å². The summed E-state index contributed by atoms with van der Waals surface area (Å²) in [7, 11) is 1.57. The summed E-state index contributed by atoms with van der Waals surface area (Å²) in [5.74, 6) is 0.106. The molecule has 2 aromatic rings. The molecule has 2 amide bonds. The van der Waals surface area contributed by atoms with E-state index in [2.05, 4.69) is 11.4 Å². The van der Waals surface area contributed by atoms with Crippen molar-refractivity contribution in [2.75, 3.05) is 38.8 Å². The highest BCUT2D eigenvalue weighted by atomic mass is 32.1. The number of nitrogens with one attached hydrogen (secondary N) is 1. The van der Waals surface area contributed by atoms with Crippen LogP contribution in [0.3, 0.4) is 0 Å². The number of methoxy groups -OCH3 is 1. The van der Waals surface area contributed by atoms with Crippen LogP contribution in [0.4, 0.5) is 5.00 Å². The molecule has 0 spiro atoms. The molecule has 0 saturated heterocycles. The molecule has 2 aromatic heterocycles. The smallest absolute Gasteiger partial charge is 0.249 e. The quantitative estimate of drug-likeness (QED) is 0.524. The predicted molar refractivity (Wildman–Crippen MR) is 107 cm³/mol. The summed E-state index contributed by atoms with van der Waals surface area (Å²) in [5, 5.41) is 12.8. The van der Waals surface area contributed by atoms with Crippen molar-refractivity contribution in [1.29, 1.82) is 5.26 Å². The summed E-state index contributed by atoms with van der Waals surface area (Å²) < 4.78 is 15.3. The zero-order valence-electron chi connectivity index (χ0n) is 16.0. The van der Waals surface area contributed by atoms with E-state index in [9.17, 15) is 14.9 Å². The number of ether oxygens (including phenoxy) is 2. The Hall–Kier alpha value is -2.93. The van der Waals surface area contributed by atoms with Gasteiger partial charge in [-0.3, -0.25) is 9.59 Å². The first kappa shape index (κ1) is 20.8. The summed E-state index contributed by atoms with van der Waals surface area (Å²) in [6.45, 7) is 1.71. The van der Waals surface area contributed by atoms with Crippen LogP contribution >= 0.6 is 11.3 Å². The van der Waals surface area contributed by atoms with Crippen molar-refractivity contribution < 1.29 is 23.5 Å². The van der Waals surface area contributed by atoms with Gasteiger partial charge in [0.1, 0.15) is 23.4 Å². The van der Waals surface area contributed by atoms with Gasteiger partial charge in [-0.25, -0.2) is 0 Å². The van der Waals surface area contributed by atoms with E-state index in [1.165, 1.54) is 23.7 Å². The van der Waals surface area contributed by atoms with Crippen molar-refractivity contribution in [3.8, 4) is 6.07 Å². The van der Waals surface area contributed by atoms with Crippen molar-refractivity contribution in [1.82, 2.24) is 4.90 Å². The zero-order chi connectivity index (χ0) is 20.6. The van der Waals surface area contributed by atoms with Crippen molar-refractivity contribution >= 4 is 34.2 Å². The molecule has 3 heterocycles. The number of hydrogen-bond acceptors (Lipinski definition) is 7. The zero-order valence-corrected chi connectivity index (χ0v) is 16.8. The van der Waals surface area contributed by atoms with Gasteiger partial charge in [0.15, 0.2) is 0 Å². The van der Waals surface area contributed by atoms with Crippen LogP contribution in [0.2, 0.25) is 0 Å². The van der Waals surface area contributed by atoms with Crippen LogP contribution in [0.15, 0.2) is 28.9 Å². The maximum absolute atomic E-state index is 12.3. The van der Waals surface area contributed by atoms with Crippen molar-refractivity contribution in [3.05, 3.63) is 46.2 Å². The molecule has 0 unspecified atom stereocenters. The highest BCUT2D eigenvalue weighted by Crippen LogP contribution is 2.36. The van der Waals surface area contributed by atoms with Crippen LogP contribution < -0.4 is 5.32 Å². The Morgan fingerprint density at radius 2 is 2.31 bits per heavy atom. The summed E-state index contributed by atoms with van der Waals surface area (Å²) in [6.07, 6.45) is 5.00. The van der Waals surface area contributed by atoms with Crippen molar-refractivity contribution in [2.24, 2.45) is 0 Å². The third-order valence-corrected chi connectivity index (χ3v) is 5.49. The summed E-state index contributed by atoms with van der Waals surface area (Å²) in [4.78, 5) is 27.1. The third kappa shape index (κ3) is 5.32. The highest BCUT2D eigenvalue weighted by molar-refractivity contribution is 7.16. The molecule has 152 valence electrons. The number of furan rings is 1. The van der Waals surface area contributed by atoms with Crippen LogP contribution in [0.25, 0.3) is 6.08 Å². The van der Waals surface area contributed by atoms with Crippen LogP contribution in [0, 0.1) is 11.3 Å².